The minimum atomic E-state index is -0.110. The smallest absolute Gasteiger partial charge is 0.216 e. The third kappa shape index (κ3) is 3.53. The van der Waals surface area contributed by atoms with E-state index in [1.54, 1.807) is 5.01 Å². The molecule has 86 valence electrons. The minimum Gasteiger partial charge on any atom is -0.480 e. The fraction of sp³-hybridized carbons (Fsp3) is 0.818. The molecule has 0 spiro atoms. The fourth-order valence-corrected chi connectivity index (χ4v) is 1.79. The second-order valence-electron chi connectivity index (χ2n) is 3.98. The molecule has 15 heavy (non-hydrogen) atoms. The summed E-state index contributed by atoms with van der Waals surface area (Å²) in [5.41, 5.74) is 0. The Morgan fingerprint density at radius 3 is 2.80 bits per heavy atom. The summed E-state index contributed by atoms with van der Waals surface area (Å²) in [5, 5.41) is 5.94. The van der Waals surface area contributed by atoms with Gasteiger partial charge in [-0.05, 0) is 19.8 Å². The molecule has 0 aromatic rings. The van der Waals surface area contributed by atoms with Crippen LogP contribution in [0.1, 0.15) is 32.6 Å². The van der Waals surface area contributed by atoms with E-state index in [9.17, 15) is 4.79 Å². The van der Waals surface area contributed by atoms with Crippen molar-refractivity contribution in [3.05, 3.63) is 0 Å². The molecule has 1 atom stereocenters. The number of rotatable bonds is 3. The van der Waals surface area contributed by atoms with Crippen molar-refractivity contribution in [2.24, 2.45) is 11.0 Å². The van der Waals surface area contributed by atoms with Crippen LogP contribution in [-0.4, -0.2) is 37.4 Å². The molecule has 0 bridgehead atoms. The van der Waals surface area contributed by atoms with Gasteiger partial charge in [-0.25, -0.2) is 0 Å². The van der Waals surface area contributed by atoms with Gasteiger partial charge in [-0.3, -0.25) is 9.80 Å². The number of hydrazone groups is 1. The van der Waals surface area contributed by atoms with E-state index < -0.39 is 0 Å². The molecule has 1 saturated carbocycles. The van der Waals surface area contributed by atoms with Crippen LogP contribution in [0.5, 0.6) is 0 Å². The molecule has 4 heteroatoms. The van der Waals surface area contributed by atoms with Crippen LogP contribution in [0.25, 0.3) is 0 Å². The van der Waals surface area contributed by atoms with Crippen LogP contribution >= 0.6 is 0 Å². The molecule has 0 saturated heterocycles. The summed E-state index contributed by atoms with van der Waals surface area (Å²) >= 11 is 0. The highest BCUT2D eigenvalue weighted by atomic mass is 16.5. The van der Waals surface area contributed by atoms with E-state index in [0.717, 1.165) is 19.3 Å². The van der Waals surface area contributed by atoms with Crippen molar-refractivity contribution in [2.75, 3.05) is 20.7 Å². The zero-order valence-corrected chi connectivity index (χ0v) is 9.82. The van der Waals surface area contributed by atoms with Crippen molar-refractivity contribution in [3.63, 3.8) is 0 Å². The van der Waals surface area contributed by atoms with Gasteiger partial charge in [0.25, 0.3) is 0 Å². The van der Waals surface area contributed by atoms with Gasteiger partial charge in [-0.2, -0.15) is 0 Å². The van der Waals surface area contributed by atoms with Crippen LogP contribution in [-0.2, 0) is 9.53 Å². The number of ether oxygens (including phenoxy) is 1. The molecule has 0 radical (unpaired) electrons. The maximum Gasteiger partial charge on any atom is 0.216 e. The average molecular weight is 212 g/mol. The molecule has 0 N–H and O–H groups in total. The van der Waals surface area contributed by atoms with Crippen LogP contribution in [0.2, 0.25) is 0 Å². The lowest BCUT2D eigenvalue weighted by Gasteiger charge is -2.22. The van der Waals surface area contributed by atoms with Crippen LogP contribution < -0.4 is 0 Å². The van der Waals surface area contributed by atoms with Crippen LogP contribution in [0.3, 0.4) is 0 Å². The molecular weight excluding hydrogens is 192 g/mol. The third-order valence-electron chi connectivity index (χ3n) is 2.44. The van der Waals surface area contributed by atoms with E-state index in [4.69, 9.17) is 4.74 Å². The normalized spacial score (nSPS) is 22.7. The lowest BCUT2D eigenvalue weighted by atomic mass is 9.88. The number of ketones is 1. The minimum absolute atomic E-state index is 0.110. The van der Waals surface area contributed by atoms with E-state index in [1.807, 2.05) is 21.0 Å². The predicted octanol–water partition coefficient (Wildman–Crippen LogP) is 1.66. The van der Waals surface area contributed by atoms with Crippen molar-refractivity contribution in [3.8, 4) is 0 Å². The summed E-state index contributed by atoms with van der Waals surface area (Å²) < 4.78 is 5.45. The summed E-state index contributed by atoms with van der Waals surface area (Å²) in [6.07, 6.45) is 3.66. The fourth-order valence-electron chi connectivity index (χ4n) is 1.79. The molecule has 4 nitrogen and oxygen atoms in total. The maximum atomic E-state index is 11.7. The first-order valence-corrected chi connectivity index (χ1v) is 5.56. The number of carbonyl (C=O) groups excluding carboxylic acids is 1. The van der Waals surface area contributed by atoms with Crippen LogP contribution in [0.15, 0.2) is 5.10 Å². The molecule has 0 aliphatic heterocycles. The zero-order valence-electron chi connectivity index (χ0n) is 9.82. The molecular formula is C11H20N2O2. The summed E-state index contributed by atoms with van der Waals surface area (Å²) in [7, 11) is 3.68. The summed E-state index contributed by atoms with van der Waals surface area (Å²) in [4.78, 5) is 11.7. The molecule has 1 fully saturated rings. The van der Waals surface area contributed by atoms with Gasteiger partial charge >= 0.3 is 0 Å². The van der Waals surface area contributed by atoms with Gasteiger partial charge in [0.2, 0.25) is 5.90 Å². The maximum absolute atomic E-state index is 11.7. The van der Waals surface area contributed by atoms with Gasteiger partial charge in [-0.15, -0.1) is 5.10 Å². The van der Waals surface area contributed by atoms with Crippen molar-refractivity contribution >= 4 is 11.7 Å². The van der Waals surface area contributed by atoms with Gasteiger partial charge < -0.3 is 4.74 Å². The van der Waals surface area contributed by atoms with E-state index in [2.05, 4.69) is 5.10 Å². The standard InChI is InChI=1S/C11H20N2O2/c1-4-15-11(12-13(2)3)9-7-5-6-8-10(9)14/h9H,4-8H2,1-3H3. The summed E-state index contributed by atoms with van der Waals surface area (Å²) in [6, 6.07) is 0. The lowest BCUT2D eigenvalue weighted by molar-refractivity contribution is -0.122. The van der Waals surface area contributed by atoms with E-state index in [1.165, 1.54) is 0 Å². The number of carbonyl (C=O) groups is 1. The second kappa shape index (κ2) is 5.73. The third-order valence-corrected chi connectivity index (χ3v) is 2.44. The van der Waals surface area contributed by atoms with Crippen molar-refractivity contribution < 1.29 is 9.53 Å². The monoisotopic (exact) mass is 212 g/mol. The average Bonchev–Trinajstić information content (AvgIpc) is 2.17. The molecule has 1 aliphatic rings. The Bertz CT molecular complexity index is 249. The van der Waals surface area contributed by atoms with Crippen molar-refractivity contribution in [1.82, 2.24) is 5.01 Å². The Morgan fingerprint density at radius 1 is 1.53 bits per heavy atom. The van der Waals surface area contributed by atoms with Crippen LogP contribution in [0.4, 0.5) is 0 Å². The first kappa shape index (κ1) is 12.0. The van der Waals surface area contributed by atoms with Gasteiger partial charge in [-0.1, -0.05) is 6.42 Å². The molecule has 0 aromatic carbocycles. The molecule has 1 rings (SSSR count). The van der Waals surface area contributed by atoms with Gasteiger partial charge in [0, 0.05) is 20.5 Å². The number of hydrogen-bond donors (Lipinski definition) is 0. The molecule has 0 aromatic heterocycles. The number of nitrogens with zero attached hydrogens (tertiary/aromatic N) is 2. The van der Waals surface area contributed by atoms with Gasteiger partial charge in [0.05, 0.1) is 12.5 Å². The highest BCUT2D eigenvalue weighted by molar-refractivity contribution is 6.01. The van der Waals surface area contributed by atoms with E-state index in [-0.39, 0.29) is 11.7 Å². The highest BCUT2D eigenvalue weighted by Crippen LogP contribution is 2.22. The highest BCUT2D eigenvalue weighted by Gasteiger charge is 2.28. The molecule has 0 amide bonds. The Labute approximate surface area is 91.3 Å². The first-order valence-electron chi connectivity index (χ1n) is 5.56. The largest absolute Gasteiger partial charge is 0.480 e. The Hall–Kier alpha value is -1.06. The van der Waals surface area contributed by atoms with E-state index >= 15 is 0 Å². The SMILES string of the molecule is CCOC(=NN(C)C)C1CCCCC1=O. The second-order valence-corrected chi connectivity index (χ2v) is 3.98. The van der Waals surface area contributed by atoms with E-state index in [0.29, 0.717) is 18.9 Å². The quantitative estimate of drug-likeness (QED) is 0.406. The summed E-state index contributed by atoms with van der Waals surface area (Å²) in [5.74, 6) is 0.753. The number of hydrogen-bond acceptors (Lipinski definition) is 4. The van der Waals surface area contributed by atoms with Crippen molar-refractivity contribution in [2.45, 2.75) is 32.6 Å². The lowest BCUT2D eigenvalue weighted by Crippen LogP contribution is -2.30. The Kier molecular flexibility index (Phi) is 4.59. The summed E-state index contributed by atoms with van der Waals surface area (Å²) in [6.45, 7) is 2.48. The first-order chi connectivity index (χ1) is 7.15. The Balaban J connectivity index is 2.73. The molecule has 0 heterocycles. The molecule has 1 unspecified atom stereocenters. The van der Waals surface area contributed by atoms with Gasteiger partial charge in [0.1, 0.15) is 5.78 Å². The molecule has 1 aliphatic carbocycles. The Morgan fingerprint density at radius 2 is 2.27 bits per heavy atom. The van der Waals surface area contributed by atoms with Crippen LogP contribution in [0, 0.1) is 5.92 Å². The van der Waals surface area contributed by atoms with Crippen molar-refractivity contribution in [1.29, 1.82) is 0 Å². The zero-order chi connectivity index (χ0) is 11.3. The predicted molar refractivity (Wildman–Crippen MR) is 59.7 cm³/mol. The number of Topliss-reactive ketones (excluding diaryl/α,β-unsaturated/α-hetero) is 1. The van der Waals surface area contributed by atoms with Gasteiger partial charge in [0.15, 0.2) is 0 Å². The topological polar surface area (TPSA) is 41.9 Å².